The minimum Gasteiger partial charge on any atom is -0.299 e. The maximum atomic E-state index is 11.9. The SMILES string of the molecule is CC(C)C(=O)C1(C(C)(C)C)CC1. The van der Waals surface area contributed by atoms with Gasteiger partial charge >= 0.3 is 0 Å². The fourth-order valence-electron chi connectivity index (χ4n) is 2.04. The number of carbonyl (C=O) groups excluding carboxylic acids is 1. The number of Topliss-reactive ketones (excluding diaryl/α,β-unsaturated/α-hetero) is 1. The molecule has 1 rings (SSSR count). The summed E-state index contributed by atoms with van der Waals surface area (Å²) in [4.78, 5) is 11.9. The largest absolute Gasteiger partial charge is 0.299 e. The Balaban J connectivity index is 2.81. The van der Waals surface area contributed by atoms with Crippen LogP contribution in [0.4, 0.5) is 0 Å². The van der Waals surface area contributed by atoms with Gasteiger partial charge in [-0.05, 0) is 18.3 Å². The lowest BCUT2D eigenvalue weighted by atomic mass is 9.72. The number of carbonyl (C=O) groups is 1. The van der Waals surface area contributed by atoms with Gasteiger partial charge in [-0.3, -0.25) is 4.79 Å². The van der Waals surface area contributed by atoms with Crippen LogP contribution in [0.25, 0.3) is 0 Å². The third kappa shape index (κ3) is 1.30. The molecule has 0 aromatic rings. The molecule has 0 aromatic carbocycles. The van der Waals surface area contributed by atoms with Gasteiger partial charge in [-0.15, -0.1) is 0 Å². The molecule has 0 unspecified atom stereocenters. The summed E-state index contributed by atoms with van der Waals surface area (Å²) in [7, 11) is 0. The number of hydrogen-bond donors (Lipinski definition) is 0. The Morgan fingerprint density at radius 1 is 1.25 bits per heavy atom. The highest BCUT2D eigenvalue weighted by Crippen LogP contribution is 2.59. The first kappa shape index (κ1) is 9.76. The van der Waals surface area contributed by atoms with E-state index in [1.165, 1.54) is 0 Å². The minimum atomic E-state index is 0.0289. The molecule has 1 aliphatic carbocycles. The normalized spacial score (nSPS) is 21.2. The molecule has 0 aliphatic heterocycles. The summed E-state index contributed by atoms with van der Waals surface area (Å²) in [6.07, 6.45) is 2.21. The van der Waals surface area contributed by atoms with Gasteiger partial charge in [-0.1, -0.05) is 34.6 Å². The lowest BCUT2D eigenvalue weighted by Gasteiger charge is -2.30. The van der Waals surface area contributed by atoms with Crippen molar-refractivity contribution in [3.05, 3.63) is 0 Å². The van der Waals surface area contributed by atoms with Crippen LogP contribution in [-0.4, -0.2) is 5.78 Å². The van der Waals surface area contributed by atoms with Gasteiger partial charge in [-0.2, -0.15) is 0 Å². The first-order valence-corrected chi connectivity index (χ1v) is 4.85. The maximum Gasteiger partial charge on any atom is 0.142 e. The van der Waals surface area contributed by atoms with Crippen molar-refractivity contribution in [3.63, 3.8) is 0 Å². The first-order chi connectivity index (χ1) is 5.31. The Labute approximate surface area is 75.5 Å². The molecule has 0 heterocycles. The van der Waals surface area contributed by atoms with Crippen LogP contribution in [0, 0.1) is 16.7 Å². The van der Waals surface area contributed by atoms with Crippen molar-refractivity contribution in [2.75, 3.05) is 0 Å². The Morgan fingerprint density at radius 2 is 1.67 bits per heavy atom. The van der Waals surface area contributed by atoms with Crippen molar-refractivity contribution in [2.45, 2.75) is 47.5 Å². The van der Waals surface area contributed by atoms with Crippen LogP contribution in [0.1, 0.15) is 47.5 Å². The molecule has 0 N–H and O–H groups in total. The van der Waals surface area contributed by atoms with Crippen LogP contribution in [0.3, 0.4) is 0 Å². The zero-order chi connectivity index (χ0) is 9.57. The second-order valence-corrected chi connectivity index (χ2v) is 5.35. The van der Waals surface area contributed by atoms with Crippen LogP contribution in [0.5, 0.6) is 0 Å². The van der Waals surface area contributed by atoms with E-state index in [2.05, 4.69) is 20.8 Å². The fraction of sp³-hybridized carbons (Fsp3) is 0.909. The monoisotopic (exact) mass is 168 g/mol. The number of rotatable bonds is 2. The van der Waals surface area contributed by atoms with E-state index in [-0.39, 0.29) is 16.7 Å². The lowest BCUT2D eigenvalue weighted by molar-refractivity contribution is -0.131. The predicted molar refractivity (Wildman–Crippen MR) is 51.0 cm³/mol. The molecular weight excluding hydrogens is 148 g/mol. The zero-order valence-electron chi connectivity index (χ0n) is 8.90. The Morgan fingerprint density at radius 3 is 1.75 bits per heavy atom. The summed E-state index contributed by atoms with van der Waals surface area (Å²) in [5.41, 5.74) is 0.190. The molecular formula is C11H20O. The molecule has 1 heteroatoms. The van der Waals surface area contributed by atoms with Crippen molar-refractivity contribution in [1.82, 2.24) is 0 Å². The second-order valence-electron chi connectivity index (χ2n) is 5.35. The van der Waals surface area contributed by atoms with E-state index in [1.54, 1.807) is 0 Å². The summed E-state index contributed by atoms with van der Waals surface area (Å²) in [6.45, 7) is 10.6. The lowest BCUT2D eigenvalue weighted by Crippen LogP contribution is -2.33. The van der Waals surface area contributed by atoms with E-state index in [0.717, 1.165) is 12.8 Å². The smallest absolute Gasteiger partial charge is 0.142 e. The van der Waals surface area contributed by atoms with Gasteiger partial charge in [0.1, 0.15) is 5.78 Å². The van der Waals surface area contributed by atoms with Crippen LogP contribution < -0.4 is 0 Å². The van der Waals surface area contributed by atoms with E-state index in [4.69, 9.17) is 0 Å². The summed E-state index contributed by atoms with van der Waals surface area (Å²) in [5, 5.41) is 0. The van der Waals surface area contributed by atoms with E-state index in [0.29, 0.717) is 5.78 Å². The molecule has 0 amide bonds. The summed E-state index contributed by atoms with van der Waals surface area (Å²) in [6, 6.07) is 0. The summed E-state index contributed by atoms with van der Waals surface area (Å²) < 4.78 is 0. The maximum absolute atomic E-state index is 11.9. The van der Waals surface area contributed by atoms with Gasteiger partial charge in [0.15, 0.2) is 0 Å². The molecule has 70 valence electrons. The van der Waals surface area contributed by atoms with Crippen LogP contribution in [0.2, 0.25) is 0 Å². The number of hydrogen-bond acceptors (Lipinski definition) is 1. The minimum absolute atomic E-state index is 0.0289. The van der Waals surface area contributed by atoms with Gasteiger partial charge in [0.05, 0.1) is 0 Å². The Hall–Kier alpha value is -0.330. The third-order valence-electron chi connectivity index (χ3n) is 3.18. The van der Waals surface area contributed by atoms with Crippen molar-refractivity contribution in [1.29, 1.82) is 0 Å². The first-order valence-electron chi connectivity index (χ1n) is 4.85. The molecule has 0 radical (unpaired) electrons. The van der Waals surface area contributed by atoms with Gasteiger partial charge in [-0.25, -0.2) is 0 Å². The average Bonchev–Trinajstić information content (AvgIpc) is 2.62. The molecule has 1 fully saturated rings. The van der Waals surface area contributed by atoms with Gasteiger partial charge < -0.3 is 0 Å². The molecule has 0 aromatic heterocycles. The van der Waals surface area contributed by atoms with E-state index >= 15 is 0 Å². The highest BCUT2D eigenvalue weighted by Gasteiger charge is 2.57. The van der Waals surface area contributed by atoms with Crippen LogP contribution in [-0.2, 0) is 4.79 Å². The molecule has 1 saturated carbocycles. The van der Waals surface area contributed by atoms with Crippen molar-refractivity contribution < 1.29 is 4.79 Å². The van der Waals surface area contributed by atoms with E-state index < -0.39 is 0 Å². The average molecular weight is 168 g/mol. The third-order valence-corrected chi connectivity index (χ3v) is 3.18. The topological polar surface area (TPSA) is 17.1 Å². The van der Waals surface area contributed by atoms with Crippen molar-refractivity contribution in [3.8, 4) is 0 Å². The molecule has 0 bridgehead atoms. The predicted octanol–water partition coefficient (Wildman–Crippen LogP) is 3.04. The van der Waals surface area contributed by atoms with Crippen LogP contribution in [0.15, 0.2) is 0 Å². The summed E-state index contributed by atoms with van der Waals surface area (Å²) >= 11 is 0. The van der Waals surface area contributed by atoms with E-state index in [9.17, 15) is 4.79 Å². The highest BCUT2D eigenvalue weighted by atomic mass is 16.1. The second kappa shape index (κ2) is 2.58. The fourth-order valence-corrected chi connectivity index (χ4v) is 2.04. The molecule has 0 atom stereocenters. The van der Waals surface area contributed by atoms with Crippen LogP contribution >= 0.6 is 0 Å². The van der Waals surface area contributed by atoms with Gasteiger partial charge in [0.25, 0.3) is 0 Å². The standard InChI is InChI=1S/C11H20O/c1-8(2)9(12)11(6-7-11)10(3,4)5/h8H,6-7H2,1-5H3. The molecule has 12 heavy (non-hydrogen) atoms. The van der Waals surface area contributed by atoms with Crippen molar-refractivity contribution in [2.24, 2.45) is 16.7 Å². The van der Waals surface area contributed by atoms with Gasteiger partial charge in [0, 0.05) is 11.3 Å². The highest BCUT2D eigenvalue weighted by molar-refractivity contribution is 5.89. The van der Waals surface area contributed by atoms with Gasteiger partial charge in [0.2, 0.25) is 0 Å². The summed E-state index contributed by atoms with van der Waals surface area (Å²) in [5.74, 6) is 0.668. The molecule has 0 saturated heterocycles. The Bertz CT molecular complexity index is 192. The number of ketones is 1. The quantitative estimate of drug-likeness (QED) is 0.619. The molecule has 1 nitrogen and oxygen atoms in total. The Kier molecular flexibility index (Phi) is 2.10. The van der Waals surface area contributed by atoms with Crippen molar-refractivity contribution >= 4 is 5.78 Å². The molecule has 0 spiro atoms. The van der Waals surface area contributed by atoms with E-state index in [1.807, 2.05) is 13.8 Å². The zero-order valence-corrected chi connectivity index (χ0v) is 8.90. The molecule has 1 aliphatic rings.